The molecule has 3 atom stereocenters. The Balaban J connectivity index is 1.24. The fraction of sp³-hybridized carbons (Fsp3) is 0.310. The zero-order chi connectivity index (χ0) is 24.6. The van der Waals surface area contributed by atoms with Crippen molar-refractivity contribution in [2.24, 2.45) is 0 Å². The maximum absolute atomic E-state index is 12.5. The second-order valence-corrected chi connectivity index (χ2v) is 8.81. The van der Waals surface area contributed by atoms with Gasteiger partial charge in [-0.25, -0.2) is 4.79 Å². The SMILES string of the molecule is COC(Cc1ccc(OC2CCC(Oc3ccc(C(=O)Cc4ccccc4)cc3)C2)cc1)C(=O)O. The summed E-state index contributed by atoms with van der Waals surface area (Å²) >= 11 is 0. The van der Waals surface area contributed by atoms with Gasteiger partial charge in [0.05, 0.1) is 0 Å². The molecule has 3 unspecified atom stereocenters. The molecular weight excluding hydrogens is 444 g/mol. The van der Waals surface area contributed by atoms with Gasteiger partial charge in [0.1, 0.15) is 23.7 Å². The summed E-state index contributed by atoms with van der Waals surface area (Å²) in [7, 11) is 1.40. The quantitative estimate of drug-likeness (QED) is 0.388. The molecule has 0 radical (unpaired) electrons. The summed E-state index contributed by atoms with van der Waals surface area (Å²) in [6.45, 7) is 0. The van der Waals surface area contributed by atoms with Crippen LogP contribution in [0.4, 0.5) is 0 Å². The lowest BCUT2D eigenvalue weighted by Crippen LogP contribution is -2.24. The van der Waals surface area contributed by atoms with Crippen LogP contribution in [-0.4, -0.2) is 42.3 Å². The highest BCUT2D eigenvalue weighted by Crippen LogP contribution is 2.29. The first-order valence-corrected chi connectivity index (χ1v) is 11.8. The van der Waals surface area contributed by atoms with Crippen molar-refractivity contribution in [1.82, 2.24) is 0 Å². The summed E-state index contributed by atoms with van der Waals surface area (Å²) in [5, 5.41) is 9.13. The van der Waals surface area contributed by atoms with Crippen LogP contribution in [0, 0.1) is 0 Å². The number of methoxy groups -OCH3 is 1. The Morgan fingerprint density at radius 1 is 0.829 bits per heavy atom. The van der Waals surface area contributed by atoms with Crippen LogP contribution in [-0.2, 0) is 22.4 Å². The third-order valence-corrected chi connectivity index (χ3v) is 6.23. The standard InChI is InChI=1S/C29H30O6/c1-33-28(29(31)32)18-21-7-11-23(12-8-21)34-25-15-16-26(19-25)35-24-13-9-22(10-14-24)27(30)17-20-5-3-2-4-6-20/h2-14,25-26,28H,15-19H2,1H3,(H,31,32). The number of carbonyl (C=O) groups excluding carboxylic acids is 1. The summed E-state index contributed by atoms with van der Waals surface area (Å²) in [6, 6.07) is 24.6. The molecule has 0 heterocycles. The number of rotatable bonds is 11. The van der Waals surface area contributed by atoms with Crippen LogP contribution in [0.25, 0.3) is 0 Å². The van der Waals surface area contributed by atoms with Crippen molar-refractivity contribution in [2.45, 2.75) is 50.4 Å². The van der Waals surface area contributed by atoms with Crippen LogP contribution in [0.5, 0.6) is 11.5 Å². The number of hydrogen-bond acceptors (Lipinski definition) is 5. The average Bonchev–Trinajstić information content (AvgIpc) is 3.31. The lowest BCUT2D eigenvalue weighted by molar-refractivity contribution is -0.148. The highest BCUT2D eigenvalue weighted by molar-refractivity contribution is 5.97. The van der Waals surface area contributed by atoms with E-state index in [0.29, 0.717) is 18.4 Å². The Labute approximate surface area is 205 Å². The number of ketones is 1. The Morgan fingerprint density at radius 3 is 1.94 bits per heavy atom. The van der Waals surface area contributed by atoms with Gasteiger partial charge in [0, 0.05) is 31.9 Å². The smallest absolute Gasteiger partial charge is 0.333 e. The van der Waals surface area contributed by atoms with Gasteiger partial charge in [0.15, 0.2) is 11.9 Å². The minimum Gasteiger partial charge on any atom is -0.490 e. The van der Waals surface area contributed by atoms with E-state index in [0.717, 1.165) is 41.9 Å². The first kappa shape index (κ1) is 24.5. The highest BCUT2D eigenvalue weighted by atomic mass is 16.5. The number of carboxylic acid groups (broad SMARTS) is 1. The summed E-state index contributed by atoms with van der Waals surface area (Å²) in [5.74, 6) is 0.620. The zero-order valence-corrected chi connectivity index (χ0v) is 19.8. The maximum atomic E-state index is 12.5. The molecule has 0 amide bonds. The molecule has 0 saturated heterocycles. The van der Waals surface area contributed by atoms with E-state index in [1.54, 1.807) is 0 Å². The third-order valence-electron chi connectivity index (χ3n) is 6.23. The van der Waals surface area contributed by atoms with E-state index < -0.39 is 12.1 Å². The number of carbonyl (C=O) groups is 2. The molecule has 6 nitrogen and oxygen atoms in total. The van der Waals surface area contributed by atoms with Crippen LogP contribution < -0.4 is 9.47 Å². The Bertz CT molecular complexity index is 1110. The third kappa shape index (κ3) is 6.93. The van der Waals surface area contributed by atoms with E-state index in [4.69, 9.17) is 19.3 Å². The number of benzene rings is 3. The zero-order valence-electron chi connectivity index (χ0n) is 19.8. The molecule has 4 rings (SSSR count). The molecule has 0 spiro atoms. The molecule has 6 heteroatoms. The van der Waals surface area contributed by atoms with Gasteiger partial charge in [0.2, 0.25) is 0 Å². The Hall–Kier alpha value is -3.64. The Morgan fingerprint density at radius 2 is 1.40 bits per heavy atom. The van der Waals surface area contributed by atoms with Crippen molar-refractivity contribution in [1.29, 1.82) is 0 Å². The van der Waals surface area contributed by atoms with Gasteiger partial charge in [-0.05, 0) is 60.4 Å². The summed E-state index contributed by atoms with van der Waals surface area (Å²) in [5.41, 5.74) is 2.56. The highest BCUT2D eigenvalue weighted by Gasteiger charge is 2.28. The van der Waals surface area contributed by atoms with Gasteiger partial charge >= 0.3 is 5.97 Å². The molecule has 3 aromatic carbocycles. The van der Waals surface area contributed by atoms with Gasteiger partial charge in [-0.15, -0.1) is 0 Å². The summed E-state index contributed by atoms with van der Waals surface area (Å²) in [6.07, 6.45) is 2.52. The van der Waals surface area contributed by atoms with Crippen molar-refractivity contribution in [2.75, 3.05) is 7.11 Å². The molecular formula is C29H30O6. The topological polar surface area (TPSA) is 82.1 Å². The predicted octanol–water partition coefficient (Wildman–Crippen LogP) is 5.13. The normalized spacial score (nSPS) is 18.1. The van der Waals surface area contributed by atoms with Crippen molar-refractivity contribution in [3.05, 3.63) is 95.6 Å². The molecule has 1 N–H and O–H groups in total. The van der Waals surface area contributed by atoms with E-state index in [1.807, 2.05) is 78.9 Å². The molecule has 0 aliphatic heterocycles. The molecule has 0 aromatic heterocycles. The maximum Gasteiger partial charge on any atom is 0.333 e. The first-order chi connectivity index (χ1) is 17.0. The van der Waals surface area contributed by atoms with Crippen LogP contribution >= 0.6 is 0 Å². The van der Waals surface area contributed by atoms with E-state index in [9.17, 15) is 9.59 Å². The van der Waals surface area contributed by atoms with Crippen molar-refractivity contribution < 1.29 is 28.9 Å². The molecule has 182 valence electrons. The largest absolute Gasteiger partial charge is 0.490 e. The monoisotopic (exact) mass is 474 g/mol. The van der Waals surface area contributed by atoms with Gasteiger partial charge in [-0.1, -0.05) is 42.5 Å². The van der Waals surface area contributed by atoms with E-state index in [2.05, 4.69) is 0 Å². The van der Waals surface area contributed by atoms with Crippen LogP contribution in [0.15, 0.2) is 78.9 Å². The molecule has 35 heavy (non-hydrogen) atoms. The van der Waals surface area contributed by atoms with Crippen LogP contribution in [0.1, 0.15) is 40.7 Å². The molecule has 1 aliphatic carbocycles. The molecule has 1 fully saturated rings. The minimum absolute atomic E-state index is 0.0585. The Kier molecular flexibility index (Phi) is 8.16. The fourth-order valence-electron chi connectivity index (χ4n) is 4.29. The van der Waals surface area contributed by atoms with Crippen molar-refractivity contribution >= 4 is 11.8 Å². The second-order valence-electron chi connectivity index (χ2n) is 8.81. The number of carboxylic acids is 1. The molecule has 3 aromatic rings. The van der Waals surface area contributed by atoms with Gasteiger partial charge < -0.3 is 19.3 Å². The van der Waals surface area contributed by atoms with Crippen molar-refractivity contribution in [3.63, 3.8) is 0 Å². The van der Waals surface area contributed by atoms with E-state index in [1.165, 1.54) is 7.11 Å². The first-order valence-electron chi connectivity index (χ1n) is 11.8. The van der Waals surface area contributed by atoms with Gasteiger partial charge in [-0.2, -0.15) is 0 Å². The molecule has 1 saturated carbocycles. The lowest BCUT2D eigenvalue weighted by atomic mass is 10.0. The minimum atomic E-state index is -0.974. The van der Waals surface area contributed by atoms with Gasteiger partial charge in [0.25, 0.3) is 0 Å². The number of Topliss-reactive ketones (excluding diaryl/α,β-unsaturated/α-hetero) is 1. The van der Waals surface area contributed by atoms with E-state index in [-0.39, 0.29) is 18.0 Å². The number of hydrogen-bond donors (Lipinski definition) is 1. The second kappa shape index (κ2) is 11.7. The van der Waals surface area contributed by atoms with E-state index >= 15 is 0 Å². The predicted molar refractivity (Wildman–Crippen MR) is 132 cm³/mol. The molecule has 1 aliphatic rings. The van der Waals surface area contributed by atoms with Crippen molar-refractivity contribution in [3.8, 4) is 11.5 Å². The average molecular weight is 475 g/mol. The fourth-order valence-corrected chi connectivity index (χ4v) is 4.29. The van der Waals surface area contributed by atoms with Gasteiger partial charge in [-0.3, -0.25) is 4.79 Å². The number of aliphatic carboxylic acids is 1. The van der Waals surface area contributed by atoms with Crippen LogP contribution in [0.3, 0.4) is 0 Å². The lowest BCUT2D eigenvalue weighted by Gasteiger charge is -2.16. The molecule has 0 bridgehead atoms. The summed E-state index contributed by atoms with van der Waals surface area (Å²) in [4.78, 5) is 23.6. The van der Waals surface area contributed by atoms with Crippen LogP contribution in [0.2, 0.25) is 0 Å². The number of ether oxygens (including phenoxy) is 3. The summed E-state index contributed by atoms with van der Waals surface area (Å²) < 4.78 is 17.2.